The number of guanidine groups is 1. The Morgan fingerprint density at radius 3 is 2.52 bits per heavy atom. The monoisotopic (exact) mass is 438 g/mol. The Balaban J connectivity index is 0.00000484. The van der Waals surface area contributed by atoms with Crippen molar-refractivity contribution in [3.05, 3.63) is 12.2 Å². The van der Waals surface area contributed by atoms with Crippen LogP contribution in [-0.4, -0.2) is 51.1 Å². The molecule has 3 N–H and O–H groups in total. The molecule has 0 aromatic carbocycles. The lowest BCUT2D eigenvalue weighted by molar-refractivity contribution is 0.0418. The third-order valence-corrected chi connectivity index (χ3v) is 3.85. The number of aromatic nitrogens is 3. The Morgan fingerprint density at radius 2 is 1.96 bits per heavy atom. The fraction of sp³-hybridized carbons (Fsp3) is 0.800. The van der Waals surface area contributed by atoms with E-state index in [0.29, 0.717) is 19.4 Å². The van der Waals surface area contributed by atoms with Gasteiger partial charge in [0.2, 0.25) is 0 Å². The van der Waals surface area contributed by atoms with E-state index in [2.05, 4.69) is 32.7 Å². The maximum atomic E-state index is 10.3. The van der Waals surface area contributed by atoms with Gasteiger partial charge in [-0.3, -0.25) is 4.99 Å². The molecule has 23 heavy (non-hydrogen) atoms. The number of nitrogens with one attached hydrogen (secondary N) is 2. The normalized spacial score (nSPS) is 12.0. The minimum atomic E-state index is -0.716. The lowest BCUT2D eigenvalue weighted by atomic mass is 9.98. The molecule has 1 heterocycles. The van der Waals surface area contributed by atoms with Crippen molar-refractivity contribution in [3.8, 4) is 0 Å². The number of aliphatic hydroxyl groups is 1. The number of hydrogen-bond donors (Lipinski definition) is 3. The van der Waals surface area contributed by atoms with Gasteiger partial charge in [-0.05, 0) is 19.8 Å². The SMILES string of the molecule is CCNC(=NCC(O)(CC)CC)NCCn1cnnc1CC.I. The Bertz CT molecular complexity index is 459. The molecule has 1 rings (SSSR count). The third kappa shape index (κ3) is 7.47. The molecule has 0 aliphatic rings. The van der Waals surface area contributed by atoms with E-state index in [4.69, 9.17) is 0 Å². The molecule has 0 fully saturated rings. The molecule has 0 aliphatic heterocycles. The predicted octanol–water partition coefficient (Wildman–Crippen LogP) is 1.56. The third-order valence-electron chi connectivity index (χ3n) is 3.85. The summed E-state index contributed by atoms with van der Waals surface area (Å²) in [5.74, 6) is 1.71. The van der Waals surface area contributed by atoms with Crippen LogP contribution in [0.5, 0.6) is 0 Å². The van der Waals surface area contributed by atoms with Gasteiger partial charge in [0.25, 0.3) is 0 Å². The van der Waals surface area contributed by atoms with Crippen LogP contribution in [0, 0.1) is 0 Å². The summed E-state index contributed by atoms with van der Waals surface area (Å²) in [7, 11) is 0. The van der Waals surface area contributed by atoms with E-state index in [1.807, 2.05) is 25.3 Å². The molecule has 0 amide bonds. The molecule has 7 nitrogen and oxygen atoms in total. The first-order valence-corrected chi connectivity index (χ1v) is 8.19. The number of halogens is 1. The second-order valence-corrected chi connectivity index (χ2v) is 5.35. The number of aliphatic imine (C=N–C) groups is 1. The van der Waals surface area contributed by atoms with Gasteiger partial charge in [0.1, 0.15) is 12.2 Å². The molecular formula is C15H31IN6O. The van der Waals surface area contributed by atoms with Crippen LogP contribution in [0.2, 0.25) is 0 Å². The average molecular weight is 438 g/mol. The van der Waals surface area contributed by atoms with Crippen LogP contribution in [-0.2, 0) is 13.0 Å². The minimum absolute atomic E-state index is 0. The smallest absolute Gasteiger partial charge is 0.191 e. The maximum Gasteiger partial charge on any atom is 0.191 e. The highest BCUT2D eigenvalue weighted by molar-refractivity contribution is 14.0. The molecule has 0 saturated heterocycles. The largest absolute Gasteiger partial charge is 0.388 e. The van der Waals surface area contributed by atoms with Crippen LogP contribution in [0.4, 0.5) is 0 Å². The molecule has 0 bridgehead atoms. The lowest BCUT2D eigenvalue weighted by Crippen LogP contribution is -2.41. The summed E-state index contributed by atoms with van der Waals surface area (Å²) in [6, 6.07) is 0. The zero-order valence-electron chi connectivity index (χ0n) is 14.7. The zero-order valence-corrected chi connectivity index (χ0v) is 17.0. The van der Waals surface area contributed by atoms with Gasteiger partial charge in [-0.25, -0.2) is 0 Å². The molecule has 1 aromatic heterocycles. The highest BCUT2D eigenvalue weighted by atomic mass is 127. The standard InChI is InChI=1S/C15H30N6O.HI/c1-5-13-20-19-12-21(13)10-9-17-14(16-8-4)18-11-15(22,6-2)7-3;/h12,22H,5-11H2,1-4H3,(H2,16,17,18);1H. The van der Waals surface area contributed by atoms with Gasteiger partial charge in [-0.15, -0.1) is 34.2 Å². The molecule has 0 saturated carbocycles. The van der Waals surface area contributed by atoms with Crippen molar-refractivity contribution in [2.24, 2.45) is 4.99 Å². The van der Waals surface area contributed by atoms with Gasteiger partial charge in [-0.2, -0.15) is 0 Å². The van der Waals surface area contributed by atoms with Crippen molar-refractivity contribution in [2.75, 3.05) is 19.6 Å². The van der Waals surface area contributed by atoms with Crippen LogP contribution in [0.25, 0.3) is 0 Å². The van der Waals surface area contributed by atoms with Crippen molar-refractivity contribution in [1.82, 2.24) is 25.4 Å². The Labute approximate surface area is 156 Å². The second-order valence-electron chi connectivity index (χ2n) is 5.35. The molecular weight excluding hydrogens is 407 g/mol. The number of nitrogens with zero attached hydrogens (tertiary/aromatic N) is 4. The highest BCUT2D eigenvalue weighted by Gasteiger charge is 2.21. The van der Waals surface area contributed by atoms with E-state index < -0.39 is 5.60 Å². The van der Waals surface area contributed by atoms with Crippen molar-refractivity contribution >= 4 is 29.9 Å². The van der Waals surface area contributed by atoms with Crippen molar-refractivity contribution in [2.45, 2.75) is 59.1 Å². The van der Waals surface area contributed by atoms with Crippen LogP contribution >= 0.6 is 24.0 Å². The lowest BCUT2D eigenvalue weighted by Gasteiger charge is -2.23. The maximum absolute atomic E-state index is 10.3. The number of rotatable bonds is 9. The van der Waals surface area contributed by atoms with Gasteiger partial charge in [0.15, 0.2) is 5.96 Å². The van der Waals surface area contributed by atoms with Gasteiger partial charge < -0.3 is 20.3 Å². The Hall–Kier alpha value is -0.900. The molecule has 0 atom stereocenters. The van der Waals surface area contributed by atoms with Crippen LogP contribution in [0.15, 0.2) is 11.3 Å². The first kappa shape index (κ1) is 22.1. The summed E-state index contributed by atoms with van der Waals surface area (Å²) < 4.78 is 2.03. The molecule has 0 unspecified atom stereocenters. The van der Waals surface area contributed by atoms with E-state index in [-0.39, 0.29) is 24.0 Å². The Kier molecular flexibility index (Phi) is 11.2. The average Bonchev–Trinajstić information content (AvgIpc) is 2.99. The van der Waals surface area contributed by atoms with E-state index in [1.54, 1.807) is 6.33 Å². The van der Waals surface area contributed by atoms with Crippen molar-refractivity contribution in [3.63, 3.8) is 0 Å². The highest BCUT2D eigenvalue weighted by Crippen LogP contribution is 2.14. The summed E-state index contributed by atoms with van der Waals surface area (Å²) >= 11 is 0. The first-order chi connectivity index (χ1) is 10.6. The summed E-state index contributed by atoms with van der Waals surface area (Å²) in [6.45, 7) is 10.8. The number of aryl methyl sites for hydroxylation is 1. The first-order valence-electron chi connectivity index (χ1n) is 8.19. The molecule has 8 heteroatoms. The molecule has 134 valence electrons. The summed E-state index contributed by atoms with van der Waals surface area (Å²) in [5, 5.41) is 24.8. The molecule has 1 aromatic rings. The summed E-state index contributed by atoms with van der Waals surface area (Å²) in [4.78, 5) is 4.49. The minimum Gasteiger partial charge on any atom is -0.388 e. The van der Waals surface area contributed by atoms with Crippen molar-refractivity contribution < 1.29 is 5.11 Å². The van der Waals surface area contributed by atoms with Gasteiger partial charge >= 0.3 is 0 Å². The van der Waals surface area contributed by atoms with Gasteiger partial charge in [0.05, 0.1) is 12.1 Å². The Morgan fingerprint density at radius 1 is 1.26 bits per heavy atom. The van der Waals surface area contributed by atoms with E-state index in [0.717, 1.165) is 37.8 Å². The van der Waals surface area contributed by atoms with E-state index in [1.165, 1.54) is 0 Å². The van der Waals surface area contributed by atoms with Crippen LogP contribution < -0.4 is 10.6 Å². The van der Waals surface area contributed by atoms with Crippen LogP contribution in [0.1, 0.15) is 46.4 Å². The van der Waals surface area contributed by atoms with Crippen LogP contribution in [0.3, 0.4) is 0 Å². The molecule has 0 radical (unpaired) electrons. The summed E-state index contributed by atoms with van der Waals surface area (Å²) in [5.41, 5.74) is -0.716. The fourth-order valence-corrected chi connectivity index (χ4v) is 2.08. The van der Waals surface area contributed by atoms with Gasteiger partial charge in [0, 0.05) is 26.1 Å². The quantitative estimate of drug-likeness (QED) is 0.310. The molecule has 0 spiro atoms. The van der Waals surface area contributed by atoms with Crippen molar-refractivity contribution in [1.29, 1.82) is 0 Å². The van der Waals surface area contributed by atoms with E-state index in [9.17, 15) is 5.11 Å². The van der Waals surface area contributed by atoms with E-state index >= 15 is 0 Å². The zero-order chi connectivity index (χ0) is 16.4. The second kappa shape index (κ2) is 11.6. The van der Waals surface area contributed by atoms with Gasteiger partial charge in [-0.1, -0.05) is 20.8 Å². The topological polar surface area (TPSA) is 87.4 Å². The number of hydrogen-bond acceptors (Lipinski definition) is 4. The predicted molar refractivity (Wildman–Crippen MR) is 104 cm³/mol. The molecule has 0 aliphatic carbocycles. The fourth-order valence-electron chi connectivity index (χ4n) is 2.08. The summed E-state index contributed by atoms with van der Waals surface area (Å²) in [6.07, 6.45) is 4.02.